The van der Waals surface area contributed by atoms with Crippen LogP contribution in [0.1, 0.15) is 5.56 Å². The van der Waals surface area contributed by atoms with Crippen molar-refractivity contribution in [2.75, 3.05) is 11.4 Å². The Kier molecular flexibility index (Phi) is 2.36. The number of anilines is 1. The molecule has 0 aromatic heterocycles. The van der Waals surface area contributed by atoms with Crippen molar-refractivity contribution < 1.29 is 9.59 Å². The zero-order valence-electron chi connectivity index (χ0n) is 8.08. The van der Waals surface area contributed by atoms with E-state index in [4.69, 9.17) is 11.6 Å². The minimum atomic E-state index is -0.420. The SMILES string of the molecule is Cc1cccc(Cl)c1N1CC(=O)NC1=O. The molecule has 1 saturated heterocycles. The molecule has 0 unspecified atom stereocenters. The first kappa shape index (κ1) is 9.98. The van der Waals surface area contributed by atoms with Crippen LogP contribution in [-0.4, -0.2) is 18.5 Å². The fourth-order valence-corrected chi connectivity index (χ4v) is 1.91. The lowest BCUT2D eigenvalue weighted by Gasteiger charge is -2.17. The van der Waals surface area contributed by atoms with Gasteiger partial charge in [-0.3, -0.25) is 15.0 Å². The highest BCUT2D eigenvalue weighted by atomic mass is 35.5. The molecular weight excluding hydrogens is 216 g/mol. The number of halogens is 1. The van der Waals surface area contributed by atoms with E-state index in [0.29, 0.717) is 10.7 Å². The number of carbonyl (C=O) groups is 2. The van der Waals surface area contributed by atoms with Crippen molar-refractivity contribution >= 4 is 29.2 Å². The average molecular weight is 225 g/mol. The van der Waals surface area contributed by atoms with Crippen LogP contribution in [0.25, 0.3) is 0 Å². The number of imide groups is 1. The van der Waals surface area contributed by atoms with Gasteiger partial charge in [-0.15, -0.1) is 0 Å². The van der Waals surface area contributed by atoms with E-state index in [2.05, 4.69) is 5.32 Å². The molecule has 1 aromatic rings. The van der Waals surface area contributed by atoms with Crippen molar-refractivity contribution in [2.45, 2.75) is 6.92 Å². The lowest BCUT2D eigenvalue weighted by atomic mass is 10.2. The monoisotopic (exact) mass is 224 g/mol. The van der Waals surface area contributed by atoms with Gasteiger partial charge in [-0.2, -0.15) is 0 Å². The fraction of sp³-hybridized carbons (Fsp3) is 0.200. The van der Waals surface area contributed by atoms with E-state index in [0.717, 1.165) is 5.56 Å². The Morgan fingerprint density at radius 3 is 2.67 bits per heavy atom. The molecule has 0 aliphatic carbocycles. The Labute approximate surface area is 91.8 Å². The van der Waals surface area contributed by atoms with E-state index in [1.54, 1.807) is 12.1 Å². The van der Waals surface area contributed by atoms with Gasteiger partial charge in [0.15, 0.2) is 0 Å². The van der Waals surface area contributed by atoms with Crippen molar-refractivity contribution in [1.82, 2.24) is 5.32 Å². The number of aryl methyl sites for hydroxylation is 1. The molecule has 1 aromatic carbocycles. The van der Waals surface area contributed by atoms with Crippen molar-refractivity contribution in [1.29, 1.82) is 0 Å². The van der Waals surface area contributed by atoms with Crippen LogP contribution in [0, 0.1) is 6.92 Å². The minimum Gasteiger partial charge on any atom is -0.283 e. The van der Waals surface area contributed by atoms with E-state index in [9.17, 15) is 9.59 Å². The Morgan fingerprint density at radius 1 is 1.40 bits per heavy atom. The number of hydrogen-bond acceptors (Lipinski definition) is 2. The number of hydrogen-bond donors (Lipinski definition) is 1. The molecule has 0 bridgehead atoms. The van der Waals surface area contributed by atoms with Gasteiger partial charge in [-0.25, -0.2) is 4.79 Å². The molecule has 0 spiro atoms. The Morgan fingerprint density at radius 2 is 2.13 bits per heavy atom. The third-order valence-electron chi connectivity index (χ3n) is 2.25. The molecule has 0 saturated carbocycles. The van der Waals surface area contributed by atoms with Gasteiger partial charge in [0.25, 0.3) is 0 Å². The van der Waals surface area contributed by atoms with Gasteiger partial charge < -0.3 is 0 Å². The first-order valence-electron chi connectivity index (χ1n) is 4.46. The van der Waals surface area contributed by atoms with Gasteiger partial charge in [-0.05, 0) is 18.6 Å². The molecule has 0 atom stereocenters. The summed E-state index contributed by atoms with van der Waals surface area (Å²) in [6, 6.07) is 4.92. The number of para-hydroxylation sites is 1. The van der Waals surface area contributed by atoms with Gasteiger partial charge in [0.05, 0.1) is 10.7 Å². The van der Waals surface area contributed by atoms with Gasteiger partial charge >= 0.3 is 6.03 Å². The number of carbonyl (C=O) groups excluding carboxylic acids is 2. The first-order chi connectivity index (χ1) is 7.09. The van der Waals surface area contributed by atoms with E-state index >= 15 is 0 Å². The standard InChI is InChI=1S/C10H9ClN2O2/c1-6-3-2-4-7(11)9(6)13-5-8(14)12-10(13)15/h2-4H,5H2,1H3,(H,12,14,15). The van der Waals surface area contributed by atoms with Crippen LogP contribution in [0.2, 0.25) is 5.02 Å². The molecule has 1 N–H and O–H groups in total. The van der Waals surface area contributed by atoms with Crippen LogP contribution >= 0.6 is 11.6 Å². The lowest BCUT2D eigenvalue weighted by molar-refractivity contribution is -0.117. The van der Waals surface area contributed by atoms with Crippen molar-refractivity contribution in [3.63, 3.8) is 0 Å². The molecule has 1 fully saturated rings. The van der Waals surface area contributed by atoms with Crippen molar-refractivity contribution in [3.05, 3.63) is 28.8 Å². The number of amides is 3. The molecule has 1 aliphatic rings. The van der Waals surface area contributed by atoms with Gasteiger partial charge in [0, 0.05) is 0 Å². The molecule has 15 heavy (non-hydrogen) atoms. The summed E-state index contributed by atoms with van der Waals surface area (Å²) >= 11 is 5.99. The van der Waals surface area contributed by atoms with Crippen molar-refractivity contribution in [3.8, 4) is 0 Å². The van der Waals surface area contributed by atoms with Crippen molar-refractivity contribution in [2.24, 2.45) is 0 Å². The van der Waals surface area contributed by atoms with E-state index < -0.39 is 6.03 Å². The second-order valence-electron chi connectivity index (χ2n) is 3.34. The van der Waals surface area contributed by atoms with E-state index in [1.165, 1.54) is 4.90 Å². The summed E-state index contributed by atoms with van der Waals surface area (Å²) in [5.74, 6) is -0.306. The molecule has 4 nitrogen and oxygen atoms in total. The molecule has 1 aliphatic heterocycles. The summed E-state index contributed by atoms with van der Waals surface area (Å²) in [5, 5.41) is 2.68. The number of rotatable bonds is 1. The Balaban J connectivity index is 2.46. The second-order valence-corrected chi connectivity index (χ2v) is 3.75. The van der Waals surface area contributed by atoms with E-state index in [-0.39, 0.29) is 12.5 Å². The smallest absolute Gasteiger partial charge is 0.283 e. The van der Waals surface area contributed by atoms with Crippen LogP contribution < -0.4 is 10.2 Å². The Hall–Kier alpha value is -1.55. The molecule has 1 heterocycles. The number of benzene rings is 1. The summed E-state index contributed by atoms with van der Waals surface area (Å²) in [5.41, 5.74) is 1.47. The van der Waals surface area contributed by atoms with Crippen LogP contribution in [-0.2, 0) is 4.79 Å². The van der Waals surface area contributed by atoms with Crippen LogP contribution in [0.4, 0.5) is 10.5 Å². The number of nitrogens with one attached hydrogen (secondary N) is 1. The minimum absolute atomic E-state index is 0.0312. The number of nitrogens with zero attached hydrogens (tertiary/aromatic N) is 1. The summed E-state index contributed by atoms with van der Waals surface area (Å²) < 4.78 is 0. The molecule has 3 amide bonds. The fourth-order valence-electron chi connectivity index (χ4n) is 1.59. The highest BCUT2D eigenvalue weighted by Crippen LogP contribution is 2.30. The highest BCUT2D eigenvalue weighted by molar-refractivity contribution is 6.34. The zero-order chi connectivity index (χ0) is 11.0. The predicted octanol–water partition coefficient (Wildman–Crippen LogP) is 1.70. The van der Waals surface area contributed by atoms with E-state index in [1.807, 2.05) is 13.0 Å². The summed E-state index contributed by atoms with van der Waals surface area (Å²) in [7, 11) is 0. The quantitative estimate of drug-likeness (QED) is 0.739. The highest BCUT2D eigenvalue weighted by Gasteiger charge is 2.30. The summed E-state index contributed by atoms with van der Waals surface area (Å²) in [6.07, 6.45) is 0. The molecule has 78 valence electrons. The maximum absolute atomic E-state index is 11.4. The van der Waals surface area contributed by atoms with Crippen LogP contribution in [0.15, 0.2) is 18.2 Å². The van der Waals surface area contributed by atoms with Crippen LogP contribution in [0.3, 0.4) is 0 Å². The van der Waals surface area contributed by atoms with Gasteiger partial charge in [-0.1, -0.05) is 23.7 Å². The second kappa shape index (κ2) is 3.55. The summed E-state index contributed by atoms with van der Waals surface area (Å²) in [6.45, 7) is 1.88. The zero-order valence-corrected chi connectivity index (χ0v) is 8.84. The maximum atomic E-state index is 11.4. The topological polar surface area (TPSA) is 49.4 Å². The number of urea groups is 1. The normalized spacial score (nSPS) is 15.7. The third kappa shape index (κ3) is 1.68. The third-order valence-corrected chi connectivity index (χ3v) is 2.56. The Bertz CT molecular complexity index is 425. The molecular formula is C10H9ClN2O2. The van der Waals surface area contributed by atoms with Crippen LogP contribution in [0.5, 0.6) is 0 Å². The predicted molar refractivity (Wildman–Crippen MR) is 57.1 cm³/mol. The summed E-state index contributed by atoms with van der Waals surface area (Å²) in [4.78, 5) is 23.8. The first-order valence-corrected chi connectivity index (χ1v) is 4.84. The lowest BCUT2D eigenvalue weighted by Crippen LogP contribution is -2.28. The molecule has 2 rings (SSSR count). The molecule has 0 radical (unpaired) electrons. The van der Waals surface area contributed by atoms with Gasteiger partial charge in [0.1, 0.15) is 6.54 Å². The molecule has 5 heteroatoms. The van der Waals surface area contributed by atoms with Gasteiger partial charge in [0.2, 0.25) is 5.91 Å². The average Bonchev–Trinajstić information content (AvgIpc) is 2.45. The largest absolute Gasteiger partial charge is 0.329 e. The maximum Gasteiger partial charge on any atom is 0.329 e.